The van der Waals surface area contributed by atoms with Gasteiger partial charge in [-0.2, -0.15) is 13.2 Å². The maximum atomic E-state index is 14.7. The van der Waals surface area contributed by atoms with E-state index in [1.54, 1.807) is 18.2 Å². The molecule has 0 radical (unpaired) electrons. The van der Waals surface area contributed by atoms with Crippen LogP contribution in [0.3, 0.4) is 0 Å². The van der Waals surface area contributed by atoms with Gasteiger partial charge in [0, 0.05) is 23.4 Å². The number of ketones is 1. The van der Waals surface area contributed by atoms with E-state index in [9.17, 15) is 27.2 Å². The summed E-state index contributed by atoms with van der Waals surface area (Å²) >= 11 is 5.86. The summed E-state index contributed by atoms with van der Waals surface area (Å²) in [6, 6.07) is 10.3. The van der Waals surface area contributed by atoms with Crippen LogP contribution in [-0.2, 0) is 10.2 Å². The molecule has 0 spiro atoms. The van der Waals surface area contributed by atoms with Crippen molar-refractivity contribution in [2.45, 2.75) is 50.1 Å². The Morgan fingerprint density at radius 2 is 1.83 bits per heavy atom. The molecule has 0 atom stereocenters. The summed E-state index contributed by atoms with van der Waals surface area (Å²) in [4.78, 5) is 24.9. The quantitative estimate of drug-likeness (QED) is 0.501. The monoisotopic (exact) mass is 441 g/mol. The first-order chi connectivity index (χ1) is 14.1. The largest absolute Gasteiger partial charge is 0.389 e. The molecule has 0 aliphatic heterocycles. The molecular formula is C22H20ClF4NO2. The first-order valence-electron chi connectivity index (χ1n) is 9.58. The van der Waals surface area contributed by atoms with Gasteiger partial charge in [-0.15, -0.1) is 0 Å². The fourth-order valence-electron chi connectivity index (χ4n) is 3.69. The lowest BCUT2D eigenvalue weighted by Gasteiger charge is -2.41. The third-order valence-electron chi connectivity index (χ3n) is 5.46. The number of hydrogen-bond acceptors (Lipinski definition) is 2. The van der Waals surface area contributed by atoms with Gasteiger partial charge in [-0.25, -0.2) is 4.39 Å². The third kappa shape index (κ3) is 5.01. The van der Waals surface area contributed by atoms with Crippen LogP contribution in [0, 0.1) is 5.82 Å². The molecular weight excluding hydrogens is 422 g/mol. The van der Waals surface area contributed by atoms with Gasteiger partial charge in [0.15, 0.2) is 0 Å². The zero-order valence-corrected chi connectivity index (χ0v) is 16.7. The molecule has 1 saturated carbocycles. The Hall–Kier alpha value is -2.41. The smallest absolute Gasteiger partial charge is 0.319 e. The van der Waals surface area contributed by atoms with Crippen molar-refractivity contribution in [3.63, 3.8) is 0 Å². The van der Waals surface area contributed by atoms with Crippen molar-refractivity contribution in [1.29, 1.82) is 0 Å². The standard InChI is InChI=1S/C22H20ClF4NO2/c23-16-5-1-4-14(12-16)20(30)28-18-8-7-15(13-17(18)24)21(9-3-10-21)19(29)6-2-11-22(25,26)27/h1,4-5,7-8,12-13H,2-3,6,9-11H2,(H,28,30). The van der Waals surface area contributed by atoms with Crippen molar-refractivity contribution in [1.82, 2.24) is 0 Å². The number of Topliss-reactive ketones (excluding diaryl/α,β-unsaturated/α-hetero) is 1. The minimum Gasteiger partial charge on any atom is -0.319 e. The summed E-state index contributed by atoms with van der Waals surface area (Å²) in [7, 11) is 0. The molecule has 160 valence electrons. The highest BCUT2D eigenvalue weighted by atomic mass is 35.5. The Bertz CT molecular complexity index is 954. The Morgan fingerprint density at radius 3 is 2.40 bits per heavy atom. The van der Waals surface area contributed by atoms with Crippen molar-refractivity contribution >= 4 is 29.0 Å². The number of nitrogens with one attached hydrogen (secondary N) is 1. The van der Waals surface area contributed by atoms with Gasteiger partial charge < -0.3 is 5.32 Å². The van der Waals surface area contributed by atoms with E-state index in [1.807, 2.05) is 0 Å². The number of carbonyl (C=O) groups is 2. The molecule has 0 bridgehead atoms. The van der Waals surface area contributed by atoms with Crippen molar-refractivity contribution in [2.75, 3.05) is 5.32 Å². The fraction of sp³-hybridized carbons (Fsp3) is 0.364. The van der Waals surface area contributed by atoms with Crippen LogP contribution < -0.4 is 5.32 Å². The minimum absolute atomic E-state index is 0.0530. The number of hydrogen-bond donors (Lipinski definition) is 1. The van der Waals surface area contributed by atoms with Crippen LogP contribution in [-0.4, -0.2) is 17.9 Å². The summed E-state index contributed by atoms with van der Waals surface area (Å²) in [5, 5.41) is 2.84. The number of halogens is 5. The van der Waals surface area contributed by atoms with Gasteiger partial charge in [-0.05, 0) is 55.2 Å². The molecule has 30 heavy (non-hydrogen) atoms. The van der Waals surface area contributed by atoms with E-state index in [4.69, 9.17) is 11.6 Å². The van der Waals surface area contributed by atoms with Gasteiger partial charge in [0.2, 0.25) is 0 Å². The second kappa shape index (κ2) is 8.76. The van der Waals surface area contributed by atoms with E-state index in [0.29, 0.717) is 23.4 Å². The van der Waals surface area contributed by atoms with Crippen LogP contribution in [0.5, 0.6) is 0 Å². The fourth-order valence-corrected chi connectivity index (χ4v) is 3.88. The summed E-state index contributed by atoms with van der Waals surface area (Å²) in [5.74, 6) is -1.55. The van der Waals surface area contributed by atoms with Gasteiger partial charge in [-0.1, -0.05) is 30.2 Å². The molecule has 8 heteroatoms. The maximum Gasteiger partial charge on any atom is 0.389 e. The van der Waals surface area contributed by atoms with Crippen LogP contribution >= 0.6 is 11.6 Å². The first kappa shape index (κ1) is 22.3. The first-order valence-corrected chi connectivity index (χ1v) is 9.95. The molecule has 3 rings (SSSR count). The second-order valence-corrected chi connectivity index (χ2v) is 7.92. The summed E-state index contributed by atoms with van der Waals surface area (Å²) < 4.78 is 51.8. The zero-order valence-electron chi connectivity index (χ0n) is 16.0. The van der Waals surface area contributed by atoms with E-state index < -0.39 is 29.7 Å². The van der Waals surface area contributed by atoms with Gasteiger partial charge in [-0.3, -0.25) is 9.59 Å². The van der Waals surface area contributed by atoms with Crippen LogP contribution in [0.4, 0.5) is 23.2 Å². The van der Waals surface area contributed by atoms with Gasteiger partial charge >= 0.3 is 6.18 Å². The molecule has 1 aliphatic carbocycles. The lowest BCUT2D eigenvalue weighted by Crippen LogP contribution is -2.42. The topological polar surface area (TPSA) is 46.2 Å². The Labute approximate surface area is 176 Å². The number of benzene rings is 2. The van der Waals surface area contributed by atoms with Gasteiger partial charge in [0.1, 0.15) is 11.6 Å². The Balaban J connectivity index is 1.73. The molecule has 0 heterocycles. The van der Waals surface area contributed by atoms with Crippen LogP contribution in [0.15, 0.2) is 42.5 Å². The van der Waals surface area contributed by atoms with Gasteiger partial charge in [0.05, 0.1) is 11.1 Å². The molecule has 3 nitrogen and oxygen atoms in total. The number of carbonyl (C=O) groups excluding carboxylic acids is 2. The normalized spacial score (nSPS) is 15.4. The second-order valence-electron chi connectivity index (χ2n) is 7.49. The van der Waals surface area contributed by atoms with Crippen molar-refractivity contribution in [2.24, 2.45) is 0 Å². The molecule has 0 saturated heterocycles. The Morgan fingerprint density at radius 1 is 1.10 bits per heavy atom. The molecule has 1 amide bonds. The summed E-state index contributed by atoms with van der Waals surface area (Å²) in [5.41, 5.74) is -0.296. The number of alkyl halides is 3. The Kier molecular flexibility index (Phi) is 6.50. The lowest BCUT2D eigenvalue weighted by atomic mass is 9.61. The molecule has 1 fully saturated rings. The average Bonchev–Trinajstić information content (AvgIpc) is 2.62. The predicted molar refractivity (Wildman–Crippen MR) is 106 cm³/mol. The van der Waals surface area contributed by atoms with Crippen molar-refractivity contribution < 1.29 is 27.2 Å². The van der Waals surface area contributed by atoms with E-state index >= 15 is 0 Å². The third-order valence-corrected chi connectivity index (χ3v) is 5.70. The zero-order chi connectivity index (χ0) is 21.9. The lowest BCUT2D eigenvalue weighted by molar-refractivity contribution is -0.138. The van der Waals surface area contributed by atoms with Crippen LogP contribution in [0.2, 0.25) is 5.02 Å². The molecule has 2 aromatic carbocycles. The number of rotatable bonds is 7. The molecule has 0 unspecified atom stereocenters. The minimum atomic E-state index is -4.30. The molecule has 1 N–H and O–H groups in total. The highest BCUT2D eigenvalue weighted by molar-refractivity contribution is 6.31. The predicted octanol–water partition coefficient (Wildman–Crippen LogP) is 6.45. The highest BCUT2D eigenvalue weighted by Crippen LogP contribution is 2.46. The van der Waals surface area contributed by atoms with Gasteiger partial charge in [0.25, 0.3) is 5.91 Å². The highest BCUT2D eigenvalue weighted by Gasteiger charge is 2.45. The molecule has 2 aromatic rings. The average molecular weight is 442 g/mol. The number of amides is 1. The van der Waals surface area contributed by atoms with E-state index in [-0.39, 0.29) is 29.9 Å². The summed E-state index contributed by atoms with van der Waals surface area (Å²) in [6.45, 7) is 0. The van der Waals surface area contributed by atoms with E-state index in [0.717, 1.165) is 6.42 Å². The van der Waals surface area contributed by atoms with E-state index in [1.165, 1.54) is 24.3 Å². The SMILES string of the molecule is O=C(Nc1ccc(C2(C(=O)CCCC(F)(F)F)CCC2)cc1F)c1cccc(Cl)c1. The maximum absolute atomic E-state index is 14.7. The van der Waals surface area contributed by atoms with E-state index in [2.05, 4.69) is 5.32 Å². The number of anilines is 1. The molecule has 1 aliphatic rings. The summed E-state index contributed by atoms with van der Waals surface area (Å²) in [6.07, 6.45) is -4.09. The van der Waals surface area contributed by atoms with Crippen LogP contribution in [0.1, 0.15) is 54.4 Å². The van der Waals surface area contributed by atoms with Crippen molar-refractivity contribution in [3.8, 4) is 0 Å². The van der Waals surface area contributed by atoms with Crippen molar-refractivity contribution in [3.05, 3.63) is 64.4 Å². The van der Waals surface area contributed by atoms with Crippen LogP contribution in [0.25, 0.3) is 0 Å². The molecule has 0 aromatic heterocycles.